The minimum atomic E-state index is 0.0360. The van der Waals surface area contributed by atoms with Gasteiger partial charge in [-0.1, -0.05) is 0 Å². The summed E-state index contributed by atoms with van der Waals surface area (Å²) in [5, 5.41) is 13.1. The molecule has 0 bridgehead atoms. The molecule has 2 N–H and O–H groups in total. The van der Waals surface area contributed by atoms with E-state index in [-0.39, 0.29) is 11.3 Å². The Kier molecular flexibility index (Phi) is 2.68. The van der Waals surface area contributed by atoms with E-state index in [1.165, 1.54) is 14.2 Å². The average Bonchev–Trinajstić information content (AvgIpc) is 3.10. The normalized spacial score (nSPS) is 16.9. The highest BCUT2D eigenvalue weighted by Crippen LogP contribution is 2.49. The van der Waals surface area contributed by atoms with Gasteiger partial charge in [0.05, 0.1) is 14.2 Å². The minimum Gasteiger partial charge on any atom is -0.502 e. The van der Waals surface area contributed by atoms with Crippen LogP contribution >= 0.6 is 0 Å². The summed E-state index contributed by atoms with van der Waals surface area (Å²) < 4.78 is 10.3. The van der Waals surface area contributed by atoms with E-state index in [9.17, 15) is 5.11 Å². The smallest absolute Gasteiger partial charge is 0.200 e. The maximum Gasteiger partial charge on any atom is 0.200 e. The van der Waals surface area contributed by atoms with E-state index < -0.39 is 0 Å². The van der Waals surface area contributed by atoms with Gasteiger partial charge in [-0.05, 0) is 37.6 Å². The first-order valence-electron chi connectivity index (χ1n) is 5.31. The van der Waals surface area contributed by atoms with Crippen molar-refractivity contribution in [3.8, 4) is 17.2 Å². The third-order valence-corrected chi connectivity index (χ3v) is 3.26. The molecule has 4 nitrogen and oxygen atoms in total. The van der Waals surface area contributed by atoms with Gasteiger partial charge >= 0.3 is 0 Å². The lowest BCUT2D eigenvalue weighted by Crippen LogP contribution is -2.24. The van der Waals surface area contributed by atoms with Gasteiger partial charge in [0.15, 0.2) is 11.5 Å². The SMILES string of the molecule is CNC1(c2cc(OC)c(O)c(OC)c2)CC1. The first-order chi connectivity index (χ1) is 7.66. The quantitative estimate of drug-likeness (QED) is 0.814. The average molecular weight is 223 g/mol. The molecule has 16 heavy (non-hydrogen) atoms. The highest BCUT2D eigenvalue weighted by Gasteiger charge is 2.43. The topological polar surface area (TPSA) is 50.7 Å². The number of rotatable bonds is 4. The van der Waals surface area contributed by atoms with Crippen molar-refractivity contribution in [2.45, 2.75) is 18.4 Å². The van der Waals surface area contributed by atoms with Crippen molar-refractivity contribution in [2.24, 2.45) is 0 Å². The van der Waals surface area contributed by atoms with Crippen molar-refractivity contribution < 1.29 is 14.6 Å². The summed E-state index contributed by atoms with van der Waals surface area (Å²) in [5.74, 6) is 0.965. The number of nitrogens with one attached hydrogen (secondary N) is 1. The van der Waals surface area contributed by atoms with Crippen LogP contribution in [0.25, 0.3) is 0 Å². The molecule has 1 fully saturated rings. The predicted molar refractivity (Wildman–Crippen MR) is 61.2 cm³/mol. The molecule has 1 aromatic carbocycles. The zero-order valence-corrected chi connectivity index (χ0v) is 9.83. The first kappa shape index (κ1) is 11.1. The minimum absolute atomic E-state index is 0.0360. The van der Waals surface area contributed by atoms with E-state index in [0.717, 1.165) is 18.4 Å². The Hall–Kier alpha value is -1.42. The van der Waals surface area contributed by atoms with Crippen LogP contribution in [-0.4, -0.2) is 26.4 Å². The lowest BCUT2D eigenvalue weighted by molar-refractivity contribution is 0.338. The van der Waals surface area contributed by atoms with Crippen molar-refractivity contribution in [3.05, 3.63) is 17.7 Å². The third kappa shape index (κ3) is 1.59. The molecule has 0 spiro atoms. The molecule has 0 radical (unpaired) electrons. The van der Waals surface area contributed by atoms with Gasteiger partial charge in [-0.15, -0.1) is 0 Å². The first-order valence-corrected chi connectivity index (χ1v) is 5.31. The van der Waals surface area contributed by atoms with E-state index in [1.54, 1.807) is 0 Å². The van der Waals surface area contributed by atoms with Crippen molar-refractivity contribution in [1.29, 1.82) is 0 Å². The van der Waals surface area contributed by atoms with E-state index in [4.69, 9.17) is 9.47 Å². The second-order valence-corrected chi connectivity index (χ2v) is 4.06. The molecule has 88 valence electrons. The van der Waals surface area contributed by atoms with Crippen molar-refractivity contribution in [3.63, 3.8) is 0 Å². The van der Waals surface area contributed by atoms with E-state index >= 15 is 0 Å². The fraction of sp³-hybridized carbons (Fsp3) is 0.500. The Labute approximate surface area is 95.2 Å². The number of ether oxygens (including phenoxy) is 2. The molecule has 0 amide bonds. The van der Waals surface area contributed by atoms with Crippen molar-refractivity contribution in [1.82, 2.24) is 5.32 Å². The molecule has 1 saturated carbocycles. The van der Waals surface area contributed by atoms with Gasteiger partial charge in [-0.3, -0.25) is 0 Å². The van der Waals surface area contributed by atoms with Crippen molar-refractivity contribution >= 4 is 0 Å². The number of benzene rings is 1. The predicted octanol–water partition coefficient (Wildman–Crippen LogP) is 1.62. The largest absolute Gasteiger partial charge is 0.502 e. The van der Waals surface area contributed by atoms with Crippen molar-refractivity contribution in [2.75, 3.05) is 21.3 Å². The Morgan fingerprint density at radius 1 is 1.19 bits per heavy atom. The molecule has 0 unspecified atom stereocenters. The monoisotopic (exact) mass is 223 g/mol. The lowest BCUT2D eigenvalue weighted by Gasteiger charge is -2.18. The van der Waals surface area contributed by atoms with E-state index in [1.807, 2.05) is 19.2 Å². The van der Waals surface area contributed by atoms with Crippen LogP contribution in [0.5, 0.6) is 17.2 Å². The summed E-state index contributed by atoms with van der Waals surface area (Å²) in [5.41, 5.74) is 1.13. The summed E-state index contributed by atoms with van der Waals surface area (Å²) in [6.45, 7) is 0. The van der Waals surface area contributed by atoms with Crippen LogP contribution in [0.3, 0.4) is 0 Å². The Bertz CT molecular complexity index is 374. The highest BCUT2D eigenvalue weighted by atomic mass is 16.5. The molecule has 0 heterocycles. The molecular formula is C12H17NO3. The molecule has 1 aromatic rings. The molecule has 1 aliphatic carbocycles. The summed E-state index contributed by atoms with van der Waals surface area (Å²) in [4.78, 5) is 0. The fourth-order valence-corrected chi connectivity index (χ4v) is 1.98. The van der Waals surface area contributed by atoms with Gasteiger partial charge in [0.1, 0.15) is 0 Å². The third-order valence-electron chi connectivity index (χ3n) is 3.26. The number of aromatic hydroxyl groups is 1. The summed E-state index contributed by atoms with van der Waals surface area (Å²) in [6.07, 6.45) is 2.20. The molecule has 2 rings (SSSR count). The van der Waals surface area contributed by atoms with Crippen LogP contribution < -0.4 is 14.8 Å². The lowest BCUT2D eigenvalue weighted by atomic mass is 10.0. The van der Waals surface area contributed by atoms with Crippen LogP contribution in [0.1, 0.15) is 18.4 Å². The molecule has 1 aliphatic rings. The van der Waals surface area contributed by atoms with Crippen LogP contribution in [-0.2, 0) is 5.54 Å². The summed E-state index contributed by atoms with van der Waals surface area (Å²) in [6, 6.07) is 3.72. The number of phenolic OH excluding ortho intramolecular Hbond substituents is 1. The Morgan fingerprint density at radius 3 is 2.00 bits per heavy atom. The fourth-order valence-electron chi connectivity index (χ4n) is 1.98. The number of methoxy groups -OCH3 is 2. The zero-order chi connectivity index (χ0) is 11.8. The zero-order valence-electron chi connectivity index (χ0n) is 9.83. The molecular weight excluding hydrogens is 206 g/mol. The van der Waals surface area contributed by atoms with E-state index in [0.29, 0.717) is 11.5 Å². The Morgan fingerprint density at radius 2 is 1.69 bits per heavy atom. The number of phenols is 1. The van der Waals surface area contributed by atoms with Gasteiger partial charge in [-0.2, -0.15) is 0 Å². The molecule has 0 aromatic heterocycles. The second-order valence-electron chi connectivity index (χ2n) is 4.06. The summed E-state index contributed by atoms with van der Waals surface area (Å²) in [7, 11) is 5.02. The van der Waals surface area contributed by atoms with Crippen LogP contribution in [0.4, 0.5) is 0 Å². The van der Waals surface area contributed by atoms with Gasteiger partial charge in [-0.25, -0.2) is 0 Å². The van der Waals surface area contributed by atoms with Gasteiger partial charge in [0.2, 0.25) is 5.75 Å². The maximum atomic E-state index is 9.80. The standard InChI is InChI=1S/C12H17NO3/c1-13-12(4-5-12)8-6-9(15-2)11(14)10(7-8)16-3/h6-7,13-14H,4-5H2,1-3H3. The molecule has 0 atom stereocenters. The van der Waals surface area contributed by atoms with Gasteiger partial charge < -0.3 is 19.9 Å². The highest BCUT2D eigenvalue weighted by molar-refractivity contribution is 5.55. The molecule has 0 saturated heterocycles. The van der Waals surface area contributed by atoms with E-state index in [2.05, 4.69) is 5.32 Å². The molecule has 0 aliphatic heterocycles. The number of hydrogen-bond donors (Lipinski definition) is 2. The Balaban J connectivity index is 2.47. The van der Waals surface area contributed by atoms with Crippen LogP contribution in [0.15, 0.2) is 12.1 Å². The molecule has 4 heteroatoms. The van der Waals surface area contributed by atoms with Gasteiger partial charge in [0, 0.05) is 5.54 Å². The second kappa shape index (κ2) is 3.87. The van der Waals surface area contributed by atoms with Gasteiger partial charge in [0.25, 0.3) is 0 Å². The maximum absolute atomic E-state index is 9.80. The van der Waals surface area contributed by atoms with Crippen LogP contribution in [0.2, 0.25) is 0 Å². The van der Waals surface area contributed by atoms with Crippen LogP contribution in [0, 0.1) is 0 Å². The summed E-state index contributed by atoms with van der Waals surface area (Å²) >= 11 is 0. The number of hydrogen-bond acceptors (Lipinski definition) is 4.